The standard InChI is InChI=1S/C14H22N2O2/c1-4-9-15-10-14(17)16-12-7-5-6-8-13(12)18-11(2)3/h5-8,11,15H,4,9-10H2,1-3H3,(H,16,17). The first-order valence-electron chi connectivity index (χ1n) is 6.39. The van der Waals surface area contributed by atoms with Crippen LogP contribution in [0.2, 0.25) is 0 Å². The molecule has 0 aliphatic carbocycles. The van der Waals surface area contributed by atoms with Crippen molar-refractivity contribution in [3.05, 3.63) is 24.3 Å². The monoisotopic (exact) mass is 250 g/mol. The Labute approximate surface area is 109 Å². The van der Waals surface area contributed by atoms with Gasteiger partial charge in [0, 0.05) is 0 Å². The van der Waals surface area contributed by atoms with Crippen LogP contribution in [0, 0.1) is 0 Å². The largest absolute Gasteiger partial charge is 0.489 e. The number of ether oxygens (including phenoxy) is 1. The van der Waals surface area contributed by atoms with Gasteiger partial charge in [0.05, 0.1) is 18.3 Å². The zero-order valence-electron chi connectivity index (χ0n) is 11.3. The third-order valence-corrected chi connectivity index (χ3v) is 2.24. The molecule has 100 valence electrons. The summed E-state index contributed by atoms with van der Waals surface area (Å²) in [5.41, 5.74) is 0.717. The Morgan fingerprint density at radius 3 is 2.72 bits per heavy atom. The number of benzene rings is 1. The Bertz CT molecular complexity index is 378. The van der Waals surface area contributed by atoms with Crippen LogP contribution >= 0.6 is 0 Å². The molecule has 4 nitrogen and oxygen atoms in total. The third-order valence-electron chi connectivity index (χ3n) is 2.24. The minimum Gasteiger partial charge on any atom is -0.489 e. The highest BCUT2D eigenvalue weighted by atomic mass is 16.5. The zero-order chi connectivity index (χ0) is 13.4. The van der Waals surface area contributed by atoms with E-state index >= 15 is 0 Å². The van der Waals surface area contributed by atoms with Crippen LogP contribution in [0.3, 0.4) is 0 Å². The second kappa shape index (κ2) is 7.71. The molecule has 4 heteroatoms. The number of carbonyl (C=O) groups is 1. The molecule has 0 bridgehead atoms. The highest BCUT2D eigenvalue weighted by Gasteiger charge is 2.08. The zero-order valence-corrected chi connectivity index (χ0v) is 11.3. The van der Waals surface area contributed by atoms with Crippen molar-refractivity contribution in [1.82, 2.24) is 5.32 Å². The summed E-state index contributed by atoms with van der Waals surface area (Å²) in [5, 5.41) is 5.91. The predicted octanol–water partition coefficient (Wildman–Crippen LogP) is 2.41. The molecule has 0 aliphatic heterocycles. The van der Waals surface area contributed by atoms with Crippen molar-refractivity contribution in [2.45, 2.75) is 33.3 Å². The van der Waals surface area contributed by atoms with E-state index in [0.29, 0.717) is 12.3 Å². The van der Waals surface area contributed by atoms with Gasteiger partial charge in [-0.05, 0) is 38.9 Å². The van der Waals surface area contributed by atoms with Crippen LogP contribution in [-0.4, -0.2) is 25.1 Å². The number of nitrogens with one attached hydrogen (secondary N) is 2. The van der Waals surface area contributed by atoms with Crippen molar-refractivity contribution in [1.29, 1.82) is 0 Å². The molecule has 2 N–H and O–H groups in total. The van der Waals surface area contributed by atoms with E-state index in [4.69, 9.17) is 4.74 Å². The summed E-state index contributed by atoms with van der Waals surface area (Å²) >= 11 is 0. The van der Waals surface area contributed by atoms with Gasteiger partial charge in [0.1, 0.15) is 5.75 Å². The maximum atomic E-state index is 11.7. The van der Waals surface area contributed by atoms with Crippen LogP contribution in [0.25, 0.3) is 0 Å². The molecular weight excluding hydrogens is 228 g/mol. The average Bonchev–Trinajstić information content (AvgIpc) is 2.31. The lowest BCUT2D eigenvalue weighted by Crippen LogP contribution is -2.28. The van der Waals surface area contributed by atoms with Crippen molar-refractivity contribution >= 4 is 11.6 Å². The quantitative estimate of drug-likeness (QED) is 0.731. The molecule has 0 saturated carbocycles. The lowest BCUT2D eigenvalue weighted by Gasteiger charge is -2.14. The Balaban J connectivity index is 2.57. The van der Waals surface area contributed by atoms with Crippen molar-refractivity contribution in [3.63, 3.8) is 0 Å². The first kappa shape index (κ1) is 14.5. The van der Waals surface area contributed by atoms with E-state index in [2.05, 4.69) is 17.6 Å². The van der Waals surface area contributed by atoms with Crippen molar-refractivity contribution in [2.24, 2.45) is 0 Å². The lowest BCUT2D eigenvalue weighted by molar-refractivity contribution is -0.115. The number of para-hydroxylation sites is 2. The van der Waals surface area contributed by atoms with Crippen LogP contribution in [-0.2, 0) is 4.79 Å². The molecule has 0 heterocycles. The molecule has 0 aliphatic rings. The predicted molar refractivity (Wildman–Crippen MR) is 74.0 cm³/mol. The minimum atomic E-state index is -0.0525. The summed E-state index contributed by atoms with van der Waals surface area (Å²) in [6.07, 6.45) is 1.10. The van der Waals surface area contributed by atoms with Gasteiger partial charge in [-0.15, -0.1) is 0 Å². The molecule has 0 saturated heterocycles. The van der Waals surface area contributed by atoms with Gasteiger partial charge >= 0.3 is 0 Å². The van der Waals surface area contributed by atoms with Gasteiger partial charge in [0.25, 0.3) is 0 Å². The molecule has 0 aromatic heterocycles. The molecule has 0 atom stereocenters. The normalized spacial score (nSPS) is 10.4. The fraction of sp³-hybridized carbons (Fsp3) is 0.500. The first-order valence-corrected chi connectivity index (χ1v) is 6.39. The first-order chi connectivity index (χ1) is 8.63. The number of hydrogen-bond acceptors (Lipinski definition) is 3. The Hall–Kier alpha value is -1.55. The topological polar surface area (TPSA) is 50.4 Å². The van der Waals surface area contributed by atoms with Crippen molar-refractivity contribution in [2.75, 3.05) is 18.4 Å². The summed E-state index contributed by atoms with van der Waals surface area (Å²) in [4.78, 5) is 11.7. The van der Waals surface area contributed by atoms with Gasteiger partial charge in [-0.3, -0.25) is 4.79 Å². The summed E-state index contributed by atoms with van der Waals surface area (Å²) < 4.78 is 5.64. The van der Waals surface area contributed by atoms with Gasteiger partial charge in [0.15, 0.2) is 0 Å². The summed E-state index contributed by atoms with van der Waals surface area (Å²) in [6.45, 7) is 7.15. The van der Waals surface area contributed by atoms with E-state index in [-0.39, 0.29) is 12.0 Å². The highest BCUT2D eigenvalue weighted by Crippen LogP contribution is 2.24. The summed E-state index contributed by atoms with van der Waals surface area (Å²) in [5.74, 6) is 0.652. The second-order valence-electron chi connectivity index (χ2n) is 4.39. The number of anilines is 1. The van der Waals surface area contributed by atoms with Crippen LogP contribution in [0.15, 0.2) is 24.3 Å². The van der Waals surface area contributed by atoms with Gasteiger partial charge in [-0.2, -0.15) is 0 Å². The van der Waals surface area contributed by atoms with E-state index in [1.807, 2.05) is 38.1 Å². The molecule has 1 amide bonds. The molecule has 0 fully saturated rings. The van der Waals surface area contributed by atoms with Gasteiger partial charge < -0.3 is 15.4 Å². The Morgan fingerprint density at radius 2 is 2.06 bits per heavy atom. The van der Waals surface area contributed by atoms with E-state index in [1.54, 1.807) is 0 Å². The summed E-state index contributed by atoms with van der Waals surface area (Å²) in [7, 11) is 0. The number of carbonyl (C=O) groups excluding carboxylic acids is 1. The molecule has 0 radical (unpaired) electrons. The van der Waals surface area contributed by atoms with E-state index in [9.17, 15) is 4.79 Å². The molecule has 18 heavy (non-hydrogen) atoms. The van der Waals surface area contributed by atoms with Gasteiger partial charge in [-0.1, -0.05) is 19.1 Å². The van der Waals surface area contributed by atoms with Crippen LogP contribution < -0.4 is 15.4 Å². The third kappa shape index (κ3) is 5.19. The van der Waals surface area contributed by atoms with Gasteiger partial charge in [-0.25, -0.2) is 0 Å². The number of amides is 1. The molecule has 1 rings (SSSR count). The van der Waals surface area contributed by atoms with E-state index in [0.717, 1.165) is 18.7 Å². The molecule has 0 spiro atoms. The smallest absolute Gasteiger partial charge is 0.238 e. The van der Waals surface area contributed by atoms with Crippen LogP contribution in [0.4, 0.5) is 5.69 Å². The SMILES string of the molecule is CCCNCC(=O)Nc1ccccc1OC(C)C. The van der Waals surface area contributed by atoms with Crippen molar-refractivity contribution in [3.8, 4) is 5.75 Å². The fourth-order valence-electron chi connectivity index (χ4n) is 1.50. The maximum absolute atomic E-state index is 11.7. The Morgan fingerprint density at radius 1 is 1.33 bits per heavy atom. The lowest BCUT2D eigenvalue weighted by atomic mass is 10.3. The number of hydrogen-bond donors (Lipinski definition) is 2. The minimum absolute atomic E-state index is 0.0525. The van der Waals surface area contributed by atoms with Crippen molar-refractivity contribution < 1.29 is 9.53 Å². The fourth-order valence-corrected chi connectivity index (χ4v) is 1.50. The van der Waals surface area contributed by atoms with Crippen LogP contribution in [0.1, 0.15) is 27.2 Å². The second-order valence-corrected chi connectivity index (χ2v) is 4.39. The van der Waals surface area contributed by atoms with Gasteiger partial charge in [0.2, 0.25) is 5.91 Å². The molecule has 0 unspecified atom stereocenters. The Kier molecular flexibility index (Phi) is 6.22. The summed E-state index contributed by atoms with van der Waals surface area (Å²) in [6, 6.07) is 7.47. The average molecular weight is 250 g/mol. The van der Waals surface area contributed by atoms with Crippen LogP contribution in [0.5, 0.6) is 5.75 Å². The molecular formula is C14H22N2O2. The van der Waals surface area contributed by atoms with E-state index < -0.39 is 0 Å². The van der Waals surface area contributed by atoms with E-state index in [1.165, 1.54) is 0 Å². The number of rotatable bonds is 7. The maximum Gasteiger partial charge on any atom is 0.238 e. The molecule has 1 aromatic carbocycles. The highest BCUT2D eigenvalue weighted by molar-refractivity contribution is 5.93. The molecule has 1 aromatic rings.